The van der Waals surface area contributed by atoms with Crippen LogP contribution in [0.4, 0.5) is 10.1 Å². The van der Waals surface area contributed by atoms with Crippen LogP contribution in [-0.4, -0.2) is 20.7 Å². The molecule has 7 heteroatoms. The molecule has 88 valence electrons. The van der Waals surface area contributed by atoms with Gasteiger partial charge in [0.25, 0.3) is 0 Å². The molecule has 1 aliphatic rings. The van der Waals surface area contributed by atoms with E-state index in [9.17, 15) is 12.8 Å². The summed E-state index contributed by atoms with van der Waals surface area (Å²) in [7, 11) is -3.30. The molecule has 1 fully saturated rings. The Labute approximate surface area is 106 Å². The van der Waals surface area contributed by atoms with Crippen LogP contribution < -0.4 is 4.31 Å². The summed E-state index contributed by atoms with van der Waals surface area (Å²) >= 11 is 9.00. The van der Waals surface area contributed by atoms with Crippen molar-refractivity contribution in [1.82, 2.24) is 0 Å². The second-order valence-corrected chi connectivity index (χ2v) is 6.73. The van der Waals surface area contributed by atoms with Gasteiger partial charge in [-0.25, -0.2) is 12.8 Å². The van der Waals surface area contributed by atoms with Crippen molar-refractivity contribution in [3.05, 3.63) is 27.4 Å². The van der Waals surface area contributed by atoms with Crippen molar-refractivity contribution in [3.8, 4) is 0 Å². The van der Waals surface area contributed by atoms with Crippen LogP contribution in [0.25, 0.3) is 0 Å². The SMILES string of the molecule is O=S1(=O)CCCN1c1c(Cl)cc(F)cc1Br. The quantitative estimate of drug-likeness (QED) is 0.795. The van der Waals surface area contributed by atoms with Crippen molar-refractivity contribution in [2.75, 3.05) is 16.6 Å². The predicted octanol–water partition coefficient (Wildman–Crippen LogP) is 2.78. The number of benzene rings is 1. The number of anilines is 1. The molecule has 2 rings (SSSR count). The van der Waals surface area contributed by atoms with Crippen LogP contribution in [0, 0.1) is 5.82 Å². The Balaban J connectivity index is 2.57. The van der Waals surface area contributed by atoms with Gasteiger partial charge in [0.15, 0.2) is 0 Å². The van der Waals surface area contributed by atoms with Gasteiger partial charge >= 0.3 is 0 Å². The standard InChI is InChI=1S/C9H8BrClFNO2S/c10-7-4-6(12)5-8(11)9(7)13-2-1-3-16(13,14)15/h4-5H,1-3H2. The fraction of sp³-hybridized carbons (Fsp3) is 0.333. The number of hydrogen-bond acceptors (Lipinski definition) is 2. The maximum absolute atomic E-state index is 13.0. The fourth-order valence-corrected chi connectivity index (χ4v) is 4.50. The minimum atomic E-state index is -3.30. The van der Waals surface area contributed by atoms with Crippen molar-refractivity contribution < 1.29 is 12.8 Å². The molecule has 1 saturated heterocycles. The summed E-state index contributed by atoms with van der Waals surface area (Å²) in [6, 6.07) is 2.31. The molecule has 0 aliphatic carbocycles. The largest absolute Gasteiger partial charge is 0.268 e. The molecule has 0 saturated carbocycles. The van der Waals surface area contributed by atoms with Gasteiger partial charge in [-0.15, -0.1) is 0 Å². The molecular weight excluding hydrogens is 321 g/mol. The minimum absolute atomic E-state index is 0.0948. The van der Waals surface area contributed by atoms with Gasteiger partial charge in [0.1, 0.15) is 5.82 Å². The second-order valence-electron chi connectivity index (χ2n) is 3.46. The van der Waals surface area contributed by atoms with Crippen molar-refractivity contribution in [1.29, 1.82) is 0 Å². The average Bonchev–Trinajstić information content (AvgIpc) is 2.44. The molecule has 0 radical (unpaired) electrons. The fourth-order valence-electron chi connectivity index (χ4n) is 1.66. The maximum atomic E-state index is 13.0. The molecule has 1 aromatic carbocycles. The lowest BCUT2D eigenvalue weighted by molar-refractivity contribution is 0.599. The number of nitrogens with zero attached hydrogens (tertiary/aromatic N) is 1. The predicted molar refractivity (Wildman–Crippen MR) is 64.9 cm³/mol. The van der Waals surface area contributed by atoms with E-state index >= 15 is 0 Å². The van der Waals surface area contributed by atoms with Gasteiger partial charge in [0.2, 0.25) is 10.0 Å². The Morgan fingerprint density at radius 3 is 2.62 bits per heavy atom. The number of halogens is 3. The van der Waals surface area contributed by atoms with Gasteiger partial charge in [0.05, 0.1) is 16.5 Å². The molecule has 3 nitrogen and oxygen atoms in total. The first-order valence-electron chi connectivity index (χ1n) is 4.57. The van der Waals surface area contributed by atoms with E-state index in [1.54, 1.807) is 0 Å². The smallest absolute Gasteiger partial charge is 0.235 e. The summed E-state index contributed by atoms with van der Waals surface area (Å²) in [4.78, 5) is 0. The van der Waals surface area contributed by atoms with Crippen LogP contribution in [0.15, 0.2) is 16.6 Å². The van der Waals surface area contributed by atoms with Crippen LogP contribution in [0.3, 0.4) is 0 Å². The molecule has 0 amide bonds. The van der Waals surface area contributed by atoms with Crippen LogP contribution in [0.1, 0.15) is 6.42 Å². The lowest BCUT2D eigenvalue weighted by Crippen LogP contribution is -2.25. The Kier molecular flexibility index (Phi) is 3.16. The zero-order chi connectivity index (χ0) is 11.9. The van der Waals surface area contributed by atoms with E-state index in [1.807, 2.05) is 0 Å². The summed E-state index contributed by atoms with van der Waals surface area (Å²) in [5.41, 5.74) is 0.320. The first-order chi connectivity index (χ1) is 7.42. The molecule has 0 atom stereocenters. The summed E-state index contributed by atoms with van der Waals surface area (Å²) in [6.45, 7) is 0.381. The van der Waals surface area contributed by atoms with Gasteiger partial charge in [-0.2, -0.15) is 0 Å². The molecule has 1 heterocycles. The topological polar surface area (TPSA) is 37.4 Å². The summed E-state index contributed by atoms with van der Waals surface area (Å²) in [6.07, 6.45) is 0.558. The van der Waals surface area contributed by atoms with Crippen LogP contribution in [-0.2, 0) is 10.0 Å². The van der Waals surface area contributed by atoms with Gasteiger partial charge in [-0.05, 0) is 34.5 Å². The Morgan fingerprint density at radius 2 is 2.12 bits per heavy atom. The number of rotatable bonds is 1. The summed E-state index contributed by atoms with van der Waals surface area (Å²) < 4.78 is 38.0. The van der Waals surface area contributed by atoms with E-state index in [0.29, 0.717) is 23.1 Å². The summed E-state index contributed by atoms with van der Waals surface area (Å²) in [5, 5.41) is 0.0948. The highest BCUT2D eigenvalue weighted by atomic mass is 79.9. The average molecular weight is 329 g/mol. The summed E-state index contributed by atoms with van der Waals surface area (Å²) in [5.74, 6) is -0.398. The maximum Gasteiger partial charge on any atom is 0.235 e. The van der Waals surface area contributed by atoms with E-state index in [2.05, 4.69) is 15.9 Å². The van der Waals surface area contributed by atoms with E-state index < -0.39 is 15.8 Å². The molecule has 0 aromatic heterocycles. The van der Waals surface area contributed by atoms with Crippen molar-refractivity contribution in [3.63, 3.8) is 0 Å². The minimum Gasteiger partial charge on any atom is -0.268 e. The van der Waals surface area contributed by atoms with Crippen LogP contribution in [0.2, 0.25) is 5.02 Å². The molecular formula is C9H8BrClFNO2S. The first kappa shape index (κ1) is 12.1. The third-order valence-electron chi connectivity index (χ3n) is 2.33. The van der Waals surface area contributed by atoms with Crippen molar-refractivity contribution >= 4 is 43.2 Å². The molecule has 16 heavy (non-hydrogen) atoms. The number of hydrogen-bond donors (Lipinski definition) is 0. The zero-order valence-electron chi connectivity index (χ0n) is 8.08. The van der Waals surface area contributed by atoms with Crippen molar-refractivity contribution in [2.24, 2.45) is 0 Å². The highest BCUT2D eigenvalue weighted by Gasteiger charge is 2.31. The Hall–Kier alpha value is -0.330. The van der Waals surface area contributed by atoms with Crippen LogP contribution >= 0.6 is 27.5 Å². The van der Waals surface area contributed by atoms with E-state index in [-0.39, 0.29) is 10.8 Å². The van der Waals surface area contributed by atoms with Crippen molar-refractivity contribution in [2.45, 2.75) is 6.42 Å². The Bertz CT molecular complexity index is 511. The van der Waals surface area contributed by atoms with Gasteiger partial charge in [0, 0.05) is 11.0 Å². The number of sulfonamides is 1. The normalized spacial score (nSPS) is 19.1. The molecule has 0 bridgehead atoms. The first-order valence-corrected chi connectivity index (χ1v) is 7.35. The third-order valence-corrected chi connectivity index (χ3v) is 5.06. The molecule has 0 N–H and O–H groups in total. The van der Waals surface area contributed by atoms with Crippen LogP contribution in [0.5, 0.6) is 0 Å². The monoisotopic (exact) mass is 327 g/mol. The molecule has 1 aliphatic heterocycles. The van der Waals surface area contributed by atoms with E-state index in [0.717, 1.165) is 6.07 Å². The highest BCUT2D eigenvalue weighted by molar-refractivity contribution is 9.10. The molecule has 0 unspecified atom stereocenters. The lowest BCUT2D eigenvalue weighted by atomic mass is 10.3. The van der Waals surface area contributed by atoms with Gasteiger partial charge in [-0.1, -0.05) is 11.6 Å². The van der Waals surface area contributed by atoms with Gasteiger partial charge in [-0.3, -0.25) is 4.31 Å². The Morgan fingerprint density at radius 1 is 1.44 bits per heavy atom. The van der Waals surface area contributed by atoms with Gasteiger partial charge < -0.3 is 0 Å². The molecule has 1 aromatic rings. The zero-order valence-corrected chi connectivity index (χ0v) is 11.2. The second kappa shape index (κ2) is 4.16. The third kappa shape index (κ3) is 2.06. The van der Waals surface area contributed by atoms with E-state index in [1.165, 1.54) is 10.4 Å². The molecule has 0 spiro atoms. The highest BCUT2D eigenvalue weighted by Crippen LogP contribution is 2.38. The lowest BCUT2D eigenvalue weighted by Gasteiger charge is -2.19. The van der Waals surface area contributed by atoms with E-state index in [4.69, 9.17) is 11.6 Å².